The maximum atomic E-state index is 13.4. The van der Waals surface area contributed by atoms with Crippen molar-refractivity contribution in [1.82, 2.24) is 10.1 Å². The first-order chi connectivity index (χ1) is 7.66. The molecule has 2 rings (SSSR count). The highest BCUT2D eigenvalue weighted by Gasteiger charge is 2.13. The second-order valence-corrected chi connectivity index (χ2v) is 3.37. The maximum Gasteiger partial charge on any atom is 0.260 e. The van der Waals surface area contributed by atoms with Gasteiger partial charge in [0.2, 0.25) is 0 Å². The largest absolute Gasteiger partial charge is 0.334 e. The molecule has 0 unspecified atom stereocenters. The van der Waals surface area contributed by atoms with E-state index >= 15 is 0 Å². The van der Waals surface area contributed by atoms with Crippen LogP contribution in [0.2, 0.25) is 0 Å². The zero-order chi connectivity index (χ0) is 11.5. The number of rotatable bonds is 3. The Hall–Kier alpha value is -2.04. The SMILES string of the molecule is CC(=O)Cc1noc(-c2ccccc2F)n1. The molecule has 2 aromatic rings. The number of ketones is 1. The van der Waals surface area contributed by atoms with Crippen molar-refractivity contribution in [3.05, 3.63) is 35.9 Å². The van der Waals surface area contributed by atoms with Crippen LogP contribution in [0.5, 0.6) is 0 Å². The molecule has 0 aliphatic rings. The highest BCUT2D eigenvalue weighted by Crippen LogP contribution is 2.20. The number of Topliss-reactive ketones (excluding diaryl/α,β-unsaturated/α-hetero) is 1. The van der Waals surface area contributed by atoms with Crippen molar-refractivity contribution < 1.29 is 13.7 Å². The number of benzene rings is 1. The van der Waals surface area contributed by atoms with E-state index in [0.29, 0.717) is 0 Å². The predicted octanol–water partition coefficient (Wildman–Crippen LogP) is 2.01. The van der Waals surface area contributed by atoms with E-state index in [1.54, 1.807) is 18.2 Å². The standard InChI is InChI=1S/C11H9FN2O2/c1-7(15)6-10-13-11(16-14-10)8-4-2-3-5-9(8)12/h2-5H,6H2,1H3. The molecule has 0 amide bonds. The van der Waals surface area contributed by atoms with Crippen LogP contribution in [0.15, 0.2) is 28.8 Å². The summed E-state index contributed by atoms with van der Waals surface area (Å²) in [4.78, 5) is 14.8. The van der Waals surface area contributed by atoms with Gasteiger partial charge in [-0.05, 0) is 19.1 Å². The third-order valence-electron chi connectivity index (χ3n) is 1.98. The van der Waals surface area contributed by atoms with Crippen LogP contribution < -0.4 is 0 Å². The van der Waals surface area contributed by atoms with Crippen molar-refractivity contribution in [2.45, 2.75) is 13.3 Å². The Labute approximate surface area is 91.1 Å². The van der Waals surface area contributed by atoms with Gasteiger partial charge in [-0.1, -0.05) is 17.3 Å². The molecule has 1 aromatic carbocycles. The highest BCUT2D eigenvalue weighted by atomic mass is 19.1. The number of hydrogen-bond donors (Lipinski definition) is 0. The number of carbonyl (C=O) groups excluding carboxylic acids is 1. The van der Waals surface area contributed by atoms with Crippen LogP contribution in [0, 0.1) is 5.82 Å². The first-order valence-electron chi connectivity index (χ1n) is 4.74. The quantitative estimate of drug-likeness (QED) is 0.793. The summed E-state index contributed by atoms with van der Waals surface area (Å²) in [6.07, 6.45) is 0.0952. The average Bonchev–Trinajstić information content (AvgIpc) is 2.66. The lowest BCUT2D eigenvalue weighted by atomic mass is 10.2. The maximum absolute atomic E-state index is 13.4. The molecule has 0 saturated carbocycles. The summed E-state index contributed by atoms with van der Waals surface area (Å²) in [7, 11) is 0. The van der Waals surface area contributed by atoms with Gasteiger partial charge in [0.15, 0.2) is 5.82 Å². The van der Waals surface area contributed by atoms with Crippen LogP contribution in [-0.4, -0.2) is 15.9 Å². The first kappa shape index (κ1) is 10.5. The van der Waals surface area contributed by atoms with E-state index in [1.807, 2.05) is 0 Å². The van der Waals surface area contributed by atoms with E-state index in [4.69, 9.17) is 4.52 Å². The van der Waals surface area contributed by atoms with Gasteiger partial charge in [0.25, 0.3) is 5.89 Å². The molecule has 0 saturated heterocycles. The molecule has 82 valence electrons. The van der Waals surface area contributed by atoms with Crippen LogP contribution >= 0.6 is 0 Å². The number of carbonyl (C=O) groups is 1. The predicted molar refractivity (Wildman–Crippen MR) is 54.1 cm³/mol. The molecule has 4 nitrogen and oxygen atoms in total. The van der Waals surface area contributed by atoms with Gasteiger partial charge in [0, 0.05) is 0 Å². The minimum absolute atomic E-state index is 0.0686. The summed E-state index contributed by atoms with van der Waals surface area (Å²) in [5.74, 6) is -0.137. The topological polar surface area (TPSA) is 56.0 Å². The van der Waals surface area contributed by atoms with E-state index in [0.717, 1.165) is 0 Å². The lowest BCUT2D eigenvalue weighted by molar-refractivity contribution is -0.116. The van der Waals surface area contributed by atoms with Gasteiger partial charge in [-0.15, -0.1) is 0 Å². The van der Waals surface area contributed by atoms with E-state index in [-0.39, 0.29) is 29.5 Å². The van der Waals surface area contributed by atoms with Crippen LogP contribution in [0.4, 0.5) is 4.39 Å². The molecule has 1 aromatic heterocycles. The van der Waals surface area contributed by atoms with Crippen LogP contribution in [0.3, 0.4) is 0 Å². The van der Waals surface area contributed by atoms with E-state index in [9.17, 15) is 9.18 Å². The van der Waals surface area contributed by atoms with Crippen molar-refractivity contribution >= 4 is 5.78 Å². The molecule has 0 aliphatic carbocycles. The van der Waals surface area contributed by atoms with Gasteiger partial charge in [0.05, 0.1) is 12.0 Å². The summed E-state index contributed by atoms with van der Waals surface area (Å²) < 4.78 is 18.2. The first-order valence-corrected chi connectivity index (χ1v) is 4.74. The van der Waals surface area contributed by atoms with E-state index < -0.39 is 5.82 Å². The molecule has 0 fully saturated rings. The van der Waals surface area contributed by atoms with Gasteiger partial charge >= 0.3 is 0 Å². The molecule has 0 spiro atoms. The lowest BCUT2D eigenvalue weighted by Crippen LogP contribution is -1.98. The number of aromatic nitrogens is 2. The molecular formula is C11H9FN2O2. The van der Waals surface area contributed by atoms with E-state index in [2.05, 4.69) is 10.1 Å². The fourth-order valence-electron chi connectivity index (χ4n) is 1.29. The monoisotopic (exact) mass is 220 g/mol. The van der Waals surface area contributed by atoms with Crippen LogP contribution in [0.1, 0.15) is 12.7 Å². The number of halogens is 1. The number of hydrogen-bond acceptors (Lipinski definition) is 4. The molecule has 0 N–H and O–H groups in total. The Morgan fingerprint density at radius 3 is 2.88 bits per heavy atom. The van der Waals surface area contributed by atoms with Gasteiger partial charge in [-0.25, -0.2) is 4.39 Å². The summed E-state index contributed by atoms with van der Waals surface area (Å²) in [5.41, 5.74) is 0.241. The molecule has 16 heavy (non-hydrogen) atoms. The second-order valence-electron chi connectivity index (χ2n) is 3.37. The summed E-state index contributed by atoms with van der Waals surface area (Å²) >= 11 is 0. The lowest BCUT2D eigenvalue weighted by Gasteiger charge is -1.94. The van der Waals surface area contributed by atoms with Gasteiger partial charge in [0.1, 0.15) is 11.6 Å². The molecule has 5 heteroatoms. The fourth-order valence-corrected chi connectivity index (χ4v) is 1.29. The zero-order valence-corrected chi connectivity index (χ0v) is 8.61. The van der Waals surface area contributed by atoms with Crippen molar-refractivity contribution in [2.24, 2.45) is 0 Å². The van der Waals surface area contributed by atoms with Crippen molar-refractivity contribution in [3.8, 4) is 11.5 Å². The number of nitrogens with zero attached hydrogens (tertiary/aromatic N) is 2. The summed E-state index contributed by atoms with van der Waals surface area (Å²) in [5, 5.41) is 3.60. The smallest absolute Gasteiger partial charge is 0.260 e. The molecular weight excluding hydrogens is 211 g/mol. The summed E-state index contributed by atoms with van der Waals surface area (Å²) in [6, 6.07) is 6.10. The van der Waals surface area contributed by atoms with Crippen molar-refractivity contribution in [2.75, 3.05) is 0 Å². The van der Waals surface area contributed by atoms with Crippen LogP contribution in [-0.2, 0) is 11.2 Å². The van der Waals surface area contributed by atoms with Crippen LogP contribution in [0.25, 0.3) is 11.5 Å². The Morgan fingerprint density at radius 2 is 2.19 bits per heavy atom. The van der Waals surface area contributed by atoms with Gasteiger partial charge < -0.3 is 4.52 Å². The van der Waals surface area contributed by atoms with Gasteiger partial charge in [-0.3, -0.25) is 4.79 Å². The minimum atomic E-state index is -0.430. The molecule has 0 radical (unpaired) electrons. The third-order valence-corrected chi connectivity index (χ3v) is 1.98. The Balaban J connectivity index is 2.32. The van der Waals surface area contributed by atoms with Crippen molar-refractivity contribution in [3.63, 3.8) is 0 Å². The molecule has 0 aliphatic heterocycles. The Kier molecular flexibility index (Phi) is 2.76. The molecule has 0 bridgehead atoms. The molecule has 0 atom stereocenters. The Morgan fingerprint density at radius 1 is 1.44 bits per heavy atom. The molecule has 1 heterocycles. The third kappa shape index (κ3) is 2.13. The van der Waals surface area contributed by atoms with Gasteiger partial charge in [-0.2, -0.15) is 4.98 Å². The fraction of sp³-hybridized carbons (Fsp3) is 0.182. The average molecular weight is 220 g/mol. The highest BCUT2D eigenvalue weighted by molar-refractivity contribution is 5.77. The van der Waals surface area contributed by atoms with E-state index in [1.165, 1.54) is 13.0 Å². The minimum Gasteiger partial charge on any atom is -0.334 e. The normalized spacial score (nSPS) is 10.4. The zero-order valence-electron chi connectivity index (χ0n) is 8.61. The van der Waals surface area contributed by atoms with Crippen molar-refractivity contribution in [1.29, 1.82) is 0 Å². The summed E-state index contributed by atoms with van der Waals surface area (Å²) in [6.45, 7) is 1.43. The second kappa shape index (κ2) is 4.22. The Bertz CT molecular complexity index is 522.